The molecule has 1 N–H and O–H groups in total. The fraction of sp³-hybridized carbons (Fsp3) is 0.579. The number of aryl methyl sites for hydroxylation is 1. The quantitative estimate of drug-likeness (QED) is 0.883. The van der Waals surface area contributed by atoms with Crippen molar-refractivity contribution >= 4 is 5.91 Å². The SMILES string of the molecule is Cc1cc(CN2CC[C@]3(CCC[C@@H](CNC(=O)c4ccco4)O3)C2)no1. The van der Waals surface area contributed by atoms with Crippen LogP contribution < -0.4 is 5.32 Å². The van der Waals surface area contributed by atoms with Gasteiger partial charge < -0.3 is 19.0 Å². The van der Waals surface area contributed by atoms with Gasteiger partial charge in [-0.25, -0.2) is 0 Å². The summed E-state index contributed by atoms with van der Waals surface area (Å²) in [7, 11) is 0. The van der Waals surface area contributed by atoms with Gasteiger partial charge in [-0.05, 0) is 44.7 Å². The van der Waals surface area contributed by atoms with Crippen LogP contribution in [0.5, 0.6) is 0 Å². The van der Waals surface area contributed by atoms with E-state index >= 15 is 0 Å². The van der Waals surface area contributed by atoms with Gasteiger partial charge in [-0.3, -0.25) is 9.69 Å². The fourth-order valence-electron chi connectivity index (χ4n) is 4.05. The molecule has 2 aromatic rings. The van der Waals surface area contributed by atoms with E-state index in [1.54, 1.807) is 12.1 Å². The minimum Gasteiger partial charge on any atom is -0.459 e. The van der Waals surface area contributed by atoms with E-state index in [0.717, 1.165) is 56.8 Å². The van der Waals surface area contributed by atoms with E-state index in [4.69, 9.17) is 13.7 Å². The smallest absolute Gasteiger partial charge is 0.287 e. The molecule has 2 aliphatic heterocycles. The van der Waals surface area contributed by atoms with Crippen molar-refractivity contribution in [1.82, 2.24) is 15.4 Å². The van der Waals surface area contributed by atoms with Crippen LogP contribution in [0.1, 0.15) is 47.7 Å². The summed E-state index contributed by atoms with van der Waals surface area (Å²) in [4.78, 5) is 14.4. The van der Waals surface area contributed by atoms with Gasteiger partial charge in [-0.15, -0.1) is 0 Å². The zero-order valence-corrected chi connectivity index (χ0v) is 15.1. The maximum atomic E-state index is 12.0. The minimum absolute atomic E-state index is 0.0527. The van der Waals surface area contributed by atoms with Gasteiger partial charge in [0.05, 0.1) is 23.7 Å². The van der Waals surface area contributed by atoms with E-state index in [1.165, 1.54) is 6.26 Å². The molecule has 7 heteroatoms. The molecule has 4 rings (SSSR count). The zero-order valence-electron chi connectivity index (χ0n) is 15.1. The van der Waals surface area contributed by atoms with E-state index in [2.05, 4.69) is 15.4 Å². The molecule has 0 aromatic carbocycles. The van der Waals surface area contributed by atoms with Crippen molar-refractivity contribution in [2.24, 2.45) is 0 Å². The molecule has 2 aliphatic rings. The van der Waals surface area contributed by atoms with Gasteiger partial charge in [-0.1, -0.05) is 5.16 Å². The summed E-state index contributed by atoms with van der Waals surface area (Å²) in [5, 5.41) is 7.01. The van der Waals surface area contributed by atoms with E-state index in [0.29, 0.717) is 12.3 Å². The molecule has 26 heavy (non-hydrogen) atoms. The van der Waals surface area contributed by atoms with Crippen molar-refractivity contribution < 1.29 is 18.5 Å². The molecule has 1 spiro atoms. The number of ether oxygens (including phenoxy) is 1. The van der Waals surface area contributed by atoms with Crippen LogP contribution in [0, 0.1) is 6.92 Å². The van der Waals surface area contributed by atoms with E-state index in [-0.39, 0.29) is 17.6 Å². The molecule has 2 saturated heterocycles. The Morgan fingerprint density at radius 2 is 2.38 bits per heavy atom. The van der Waals surface area contributed by atoms with E-state index < -0.39 is 0 Å². The molecule has 2 atom stereocenters. The average molecular weight is 359 g/mol. The summed E-state index contributed by atoms with van der Waals surface area (Å²) in [6, 6.07) is 5.36. The largest absolute Gasteiger partial charge is 0.459 e. The second-order valence-corrected chi connectivity index (χ2v) is 7.39. The molecule has 1 amide bonds. The van der Waals surface area contributed by atoms with Crippen molar-refractivity contribution in [2.45, 2.75) is 50.9 Å². The second kappa shape index (κ2) is 7.25. The number of rotatable bonds is 5. The van der Waals surface area contributed by atoms with Crippen LogP contribution in [0.15, 0.2) is 33.4 Å². The third-order valence-electron chi connectivity index (χ3n) is 5.27. The number of aromatic nitrogens is 1. The number of likely N-dealkylation sites (tertiary alicyclic amines) is 1. The molecule has 2 aromatic heterocycles. The Morgan fingerprint density at radius 1 is 1.46 bits per heavy atom. The summed E-state index contributed by atoms with van der Waals surface area (Å²) in [6.07, 6.45) is 5.75. The number of hydrogen-bond acceptors (Lipinski definition) is 6. The molecule has 0 unspecified atom stereocenters. The molecular formula is C19H25N3O4. The number of amides is 1. The van der Waals surface area contributed by atoms with Crippen LogP contribution >= 0.6 is 0 Å². The van der Waals surface area contributed by atoms with E-state index in [9.17, 15) is 4.79 Å². The Labute approximate surface area is 152 Å². The lowest BCUT2D eigenvalue weighted by Crippen LogP contribution is -2.46. The number of hydrogen-bond donors (Lipinski definition) is 1. The van der Waals surface area contributed by atoms with E-state index in [1.807, 2.05) is 13.0 Å². The molecule has 4 heterocycles. The number of nitrogens with zero attached hydrogens (tertiary/aromatic N) is 2. The molecule has 7 nitrogen and oxygen atoms in total. The maximum Gasteiger partial charge on any atom is 0.287 e. The molecular weight excluding hydrogens is 334 g/mol. The summed E-state index contributed by atoms with van der Waals surface area (Å²) >= 11 is 0. The maximum absolute atomic E-state index is 12.0. The van der Waals surface area contributed by atoms with Crippen molar-refractivity contribution in [2.75, 3.05) is 19.6 Å². The summed E-state index contributed by atoms with van der Waals surface area (Å²) in [5.41, 5.74) is 0.870. The highest BCUT2D eigenvalue weighted by Gasteiger charge is 2.43. The first kappa shape index (κ1) is 17.3. The Balaban J connectivity index is 1.29. The second-order valence-electron chi connectivity index (χ2n) is 7.39. The monoisotopic (exact) mass is 359 g/mol. The predicted molar refractivity (Wildman–Crippen MR) is 93.6 cm³/mol. The summed E-state index contributed by atoms with van der Waals surface area (Å²) in [6.45, 7) is 5.12. The highest BCUT2D eigenvalue weighted by atomic mass is 16.5. The van der Waals surface area contributed by atoms with Crippen LogP contribution in [0.2, 0.25) is 0 Å². The average Bonchev–Trinajstić information content (AvgIpc) is 3.36. The highest BCUT2D eigenvalue weighted by Crippen LogP contribution is 2.37. The van der Waals surface area contributed by atoms with Crippen LogP contribution in [0.25, 0.3) is 0 Å². The molecule has 0 saturated carbocycles. The molecule has 0 aliphatic carbocycles. The van der Waals surface area contributed by atoms with Gasteiger partial charge in [0.15, 0.2) is 5.76 Å². The predicted octanol–water partition coefficient (Wildman–Crippen LogP) is 2.52. The first-order chi connectivity index (χ1) is 12.6. The summed E-state index contributed by atoms with van der Waals surface area (Å²) < 4.78 is 16.7. The minimum atomic E-state index is -0.187. The van der Waals surface area contributed by atoms with Crippen molar-refractivity contribution in [3.63, 3.8) is 0 Å². The van der Waals surface area contributed by atoms with Crippen LogP contribution in [0.3, 0.4) is 0 Å². The van der Waals surface area contributed by atoms with Gasteiger partial charge >= 0.3 is 0 Å². The van der Waals surface area contributed by atoms with Crippen molar-refractivity contribution in [3.05, 3.63) is 41.7 Å². The highest BCUT2D eigenvalue weighted by molar-refractivity contribution is 5.91. The van der Waals surface area contributed by atoms with Gasteiger partial charge in [0.25, 0.3) is 5.91 Å². The van der Waals surface area contributed by atoms with Crippen LogP contribution in [0.4, 0.5) is 0 Å². The first-order valence-electron chi connectivity index (χ1n) is 9.26. The number of carbonyl (C=O) groups excluding carboxylic acids is 1. The lowest BCUT2D eigenvalue weighted by atomic mass is 9.90. The van der Waals surface area contributed by atoms with Gasteiger partial charge in [0, 0.05) is 32.2 Å². The number of carbonyl (C=O) groups is 1. The van der Waals surface area contributed by atoms with Crippen LogP contribution in [-0.4, -0.2) is 47.3 Å². The Hall–Kier alpha value is -2.12. The van der Waals surface area contributed by atoms with Gasteiger partial charge in [-0.2, -0.15) is 0 Å². The third kappa shape index (κ3) is 3.83. The normalized spacial score (nSPS) is 26.4. The molecule has 0 bridgehead atoms. The molecule has 140 valence electrons. The van der Waals surface area contributed by atoms with Crippen LogP contribution in [-0.2, 0) is 11.3 Å². The lowest BCUT2D eigenvalue weighted by Gasteiger charge is -2.38. The fourth-order valence-corrected chi connectivity index (χ4v) is 4.05. The number of nitrogens with one attached hydrogen (secondary N) is 1. The topological polar surface area (TPSA) is 80.7 Å². The molecule has 2 fully saturated rings. The standard InChI is InChI=1S/C19H25N3O4/c1-14-10-15(21-26-14)12-22-8-7-19(13-22)6-2-4-16(25-19)11-20-18(23)17-5-3-9-24-17/h3,5,9-10,16H,2,4,6-8,11-13H2,1H3,(H,20,23)/t16-,19+/m0/s1. The number of furan rings is 1. The third-order valence-corrected chi connectivity index (χ3v) is 5.27. The van der Waals surface area contributed by atoms with Crippen molar-refractivity contribution in [3.8, 4) is 0 Å². The Bertz CT molecular complexity index is 742. The van der Waals surface area contributed by atoms with Gasteiger partial charge in [0.2, 0.25) is 0 Å². The Kier molecular flexibility index (Phi) is 4.82. The first-order valence-corrected chi connectivity index (χ1v) is 9.26. The zero-order chi connectivity index (χ0) is 18.0. The summed E-state index contributed by atoms with van der Waals surface area (Å²) in [5.74, 6) is 0.994. The molecule has 0 radical (unpaired) electrons. The lowest BCUT2D eigenvalue weighted by molar-refractivity contribution is -0.118. The van der Waals surface area contributed by atoms with Crippen molar-refractivity contribution in [1.29, 1.82) is 0 Å². The Morgan fingerprint density at radius 3 is 3.15 bits per heavy atom. The van der Waals surface area contributed by atoms with Gasteiger partial charge in [0.1, 0.15) is 5.76 Å².